The van der Waals surface area contributed by atoms with Gasteiger partial charge in [0, 0.05) is 12.7 Å². The molecule has 0 heterocycles. The summed E-state index contributed by atoms with van der Waals surface area (Å²) in [6.45, 7) is 0.859. The first kappa shape index (κ1) is 23.7. The first-order valence-electron chi connectivity index (χ1n) is 9.89. The van der Waals surface area contributed by atoms with Crippen LogP contribution < -0.4 is 5.32 Å². The van der Waals surface area contributed by atoms with E-state index in [0.29, 0.717) is 11.8 Å². The number of carbonyl (C=O) groups excluding carboxylic acids is 4. The molecule has 1 saturated carbocycles. The van der Waals surface area contributed by atoms with Crippen LogP contribution in [0.25, 0.3) is 0 Å². The SMILES string of the molecule is CC(=O)N[C@@H](CSC(=O)OCOC(=O)C1CCCCC1)C(=O)OCc1ccccc1. The van der Waals surface area contributed by atoms with Gasteiger partial charge in [-0.3, -0.25) is 9.59 Å². The van der Waals surface area contributed by atoms with Gasteiger partial charge in [0.1, 0.15) is 12.6 Å². The molecule has 1 amide bonds. The van der Waals surface area contributed by atoms with E-state index in [4.69, 9.17) is 14.2 Å². The molecule has 8 nitrogen and oxygen atoms in total. The Kier molecular flexibility index (Phi) is 10.2. The second-order valence-corrected chi connectivity index (χ2v) is 7.92. The fourth-order valence-corrected chi connectivity index (χ4v) is 3.68. The summed E-state index contributed by atoms with van der Waals surface area (Å²) in [7, 11) is 0. The summed E-state index contributed by atoms with van der Waals surface area (Å²) in [6.07, 6.45) is 4.72. The maximum atomic E-state index is 12.3. The first-order valence-corrected chi connectivity index (χ1v) is 10.9. The van der Waals surface area contributed by atoms with Crippen molar-refractivity contribution in [2.75, 3.05) is 12.5 Å². The van der Waals surface area contributed by atoms with Gasteiger partial charge < -0.3 is 19.5 Å². The van der Waals surface area contributed by atoms with Crippen molar-refractivity contribution in [3.05, 3.63) is 35.9 Å². The van der Waals surface area contributed by atoms with Crippen LogP contribution >= 0.6 is 11.8 Å². The van der Waals surface area contributed by atoms with Gasteiger partial charge in [-0.25, -0.2) is 9.59 Å². The largest absolute Gasteiger partial charge is 0.459 e. The van der Waals surface area contributed by atoms with Gasteiger partial charge in [-0.2, -0.15) is 0 Å². The zero-order valence-corrected chi connectivity index (χ0v) is 17.8. The van der Waals surface area contributed by atoms with Gasteiger partial charge in [0.2, 0.25) is 12.7 Å². The van der Waals surface area contributed by atoms with Gasteiger partial charge in [0.25, 0.3) is 0 Å². The van der Waals surface area contributed by atoms with Gasteiger partial charge in [-0.05, 0) is 30.2 Å². The maximum Gasteiger partial charge on any atom is 0.370 e. The molecule has 0 spiro atoms. The summed E-state index contributed by atoms with van der Waals surface area (Å²) < 4.78 is 15.1. The number of ether oxygens (including phenoxy) is 3. The Morgan fingerprint density at radius 3 is 2.40 bits per heavy atom. The van der Waals surface area contributed by atoms with E-state index in [1.165, 1.54) is 6.92 Å². The number of hydrogen-bond acceptors (Lipinski definition) is 8. The van der Waals surface area contributed by atoms with Gasteiger partial charge >= 0.3 is 17.2 Å². The summed E-state index contributed by atoms with van der Waals surface area (Å²) in [4.78, 5) is 47.4. The molecule has 1 aliphatic carbocycles. The van der Waals surface area contributed by atoms with E-state index in [-0.39, 0.29) is 24.2 Å². The van der Waals surface area contributed by atoms with Gasteiger partial charge in [0.15, 0.2) is 0 Å². The highest BCUT2D eigenvalue weighted by molar-refractivity contribution is 8.13. The number of thioether (sulfide) groups is 1. The Balaban J connectivity index is 1.71. The van der Waals surface area contributed by atoms with E-state index in [1.54, 1.807) is 12.1 Å². The molecular formula is C21H27NO7S. The third-order valence-electron chi connectivity index (χ3n) is 4.57. The van der Waals surface area contributed by atoms with E-state index in [1.807, 2.05) is 18.2 Å². The lowest BCUT2D eigenvalue weighted by atomic mass is 9.89. The molecular weight excluding hydrogens is 410 g/mol. The molecule has 1 atom stereocenters. The number of hydrogen-bond donors (Lipinski definition) is 1. The van der Waals surface area contributed by atoms with Crippen molar-refractivity contribution in [1.82, 2.24) is 5.32 Å². The summed E-state index contributed by atoms with van der Waals surface area (Å²) in [5.41, 5.74) is 0.805. The number of rotatable bonds is 9. The molecule has 1 N–H and O–H groups in total. The van der Waals surface area contributed by atoms with Crippen LogP contribution in [0.1, 0.15) is 44.6 Å². The summed E-state index contributed by atoms with van der Waals surface area (Å²) in [5.74, 6) is -1.63. The van der Waals surface area contributed by atoms with Crippen molar-refractivity contribution in [3.8, 4) is 0 Å². The monoisotopic (exact) mass is 437 g/mol. The molecule has 1 aromatic rings. The first-order chi connectivity index (χ1) is 14.5. The Morgan fingerprint density at radius 1 is 1.03 bits per heavy atom. The zero-order valence-electron chi connectivity index (χ0n) is 17.0. The number of amides is 1. The molecule has 1 fully saturated rings. The molecule has 0 aromatic heterocycles. The second-order valence-electron chi connectivity index (χ2n) is 6.97. The number of carbonyl (C=O) groups is 4. The lowest BCUT2D eigenvalue weighted by molar-refractivity contribution is -0.157. The standard InChI is InChI=1S/C21H27NO7S/c1-15(23)22-18(20(25)27-12-16-8-4-2-5-9-16)13-30-21(26)29-14-28-19(24)17-10-6-3-7-11-17/h2,4-5,8-9,17-18H,3,6-7,10-14H2,1H3,(H,22,23)/t18-/m0/s1. The third-order valence-corrected chi connectivity index (χ3v) is 5.42. The minimum absolute atomic E-state index is 0.0575. The molecule has 0 aliphatic heterocycles. The van der Waals surface area contributed by atoms with Crippen LogP contribution in [0.3, 0.4) is 0 Å². The van der Waals surface area contributed by atoms with Crippen LogP contribution in [-0.4, -0.2) is 41.7 Å². The molecule has 0 bridgehead atoms. The average molecular weight is 438 g/mol. The Bertz CT molecular complexity index is 719. The second kappa shape index (κ2) is 12.9. The molecule has 1 aliphatic rings. The van der Waals surface area contributed by atoms with Gasteiger partial charge in [-0.15, -0.1) is 0 Å². The Labute approximate surface area is 180 Å². The number of benzene rings is 1. The summed E-state index contributed by atoms with van der Waals surface area (Å²) in [5, 5.41) is 1.75. The molecule has 9 heteroatoms. The smallest absolute Gasteiger partial charge is 0.370 e. The van der Waals surface area contributed by atoms with Crippen LogP contribution in [0.5, 0.6) is 0 Å². The quantitative estimate of drug-likeness (QED) is 0.464. The molecule has 0 unspecified atom stereocenters. The van der Waals surface area contributed by atoms with Crippen LogP contribution in [0.2, 0.25) is 0 Å². The van der Waals surface area contributed by atoms with E-state index >= 15 is 0 Å². The molecule has 1 aromatic carbocycles. The third kappa shape index (κ3) is 8.86. The highest BCUT2D eigenvalue weighted by atomic mass is 32.2. The minimum atomic E-state index is -1.01. The summed E-state index contributed by atoms with van der Waals surface area (Å²) >= 11 is 0.696. The van der Waals surface area contributed by atoms with Crippen LogP contribution in [-0.2, 0) is 35.2 Å². The lowest BCUT2D eigenvalue weighted by Gasteiger charge is -2.19. The van der Waals surface area contributed by atoms with Crippen molar-refractivity contribution in [2.24, 2.45) is 5.92 Å². The number of nitrogens with one attached hydrogen (secondary N) is 1. The van der Waals surface area contributed by atoms with Crippen LogP contribution in [0.15, 0.2) is 30.3 Å². The molecule has 0 saturated heterocycles. The van der Waals surface area contributed by atoms with E-state index in [2.05, 4.69) is 5.32 Å². The predicted octanol–water partition coefficient (Wildman–Crippen LogP) is 3.19. The van der Waals surface area contributed by atoms with Crippen molar-refractivity contribution in [2.45, 2.75) is 51.7 Å². The maximum absolute atomic E-state index is 12.3. The highest BCUT2D eigenvalue weighted by Crippen LogP contribution is 2.24. The van der Waals surface area contributed by atoms with Crippen molar-refractivity contribution in [3.63, 3.8) is 0 Å². The number of esters is 2. The average Bonchev–Trinajstić information content (AvgIpc) is 2.76. The molecule has 2 rings (SSSR count). The molecule has 164 valence electrons. The van der Waals surface area contributed by atoms with E-state index < -0.39 is 30.0 Å². The van der Waals surface area contributed by atoms with Crippen LogP contribution in [0.4, 0.5) is 4.79 Å². The van der Waals surface area contributed by atoms with Crippen molar-refractivity contribution in [1.29, 1.82) is 0 Å². The fourth-order valence-electron chi connectivity index (χ4n) is 3.03. The topological polar surface area (TPSA) is 108 Å². The van der Waals surface area contributed by atoms with Gasteiger partial charge in [-0.1, -0.05) is 49.6 Å². The van der Waals surface area contributed by atoms with Crippen LogP contribution in [0, 0.1) is 5.92 Å². The van der Waals surface area contributed by atoms with Gasteiger partial charge in [0.05, 0.1) is 5.92 Å². The summed E-state index contributed by atoms with van der Waals surface area (Å²) in [6, 6.07) is 8.10. The molecule has 30 heavy (non-hydrogen) atoms. The Hall–Kier alpha value is -2.55. The fraction of sp³-hybridized carbons (Fsp3) is 0.524. The normalized spacial score (nSPS) is 15.0. The minimum Gasteiger partial charge on any atom is -0.459 e. The van der Waals surface area contributed by atoms with E-state index in [9.17, 15) is 19.2 Å². The zero-order chi connectivity index (χ0) is 21.8. The van der Waals surface area contributed by atoms with Crippen molar-refractivity contribution >= 4 is 34.9 Å². The lowest BCUT2D eigenvalue weighted by Crippen LogP contribution is -2.42. The highest BCUT2D eigenvalue weighted by Gasteiger charge is 2.24. The van der Waals surface area contributed by atoms with Crippen molar-refractivity contribution < 1.29 is 33.4 Å². The molecule has 0 radical (unpaired) electrons. The predicted molar refractivity (Wildman–Crippen MR) is 110 cm³/mol. The van der Waals surface area contributed by atoms with E-state index in [0.717, 1.165) is 37.7 Å². The Morgan fingerprint density at radius 2 is 1.73 bits per heavy atom.